The smallest absolute Gasteiger partial charge is 0.161 e. The van der Waals surface area contributed by atoms with E-state index in [2.05, 4.69) is 61.6 Å². The fraction of sp³-hybridized carbons (Fsp3) is 0.429. The zero-order valence-corrected chi connectivity index (χ0v) is 15.1. The van der Waals surface area contributed by atoms with Gasteiger partial charge < -0.3 is 14.8 Å². The van der Waals surface area contributed by atoms with Gasteiger partial charge in [0.1, 0.15) is 0 Å². The van der Waals surface area contributed by atoms with Crippen molar-refractivity contribution >= 4 is 0 Å². The lowest BCUT2D eigenvalue weighted by atomic mass is 9.76. The topological polar surface area (TPSA) is 30.5 Å². The Hall–Kier alpha value is -2.00. The lowest BCUT2D eigenvalue weighted by Gasteiger charge is -2.43. The number of hydrogen-bond acceptors (Lipinski definition) is 3. The quantitative estimate of drug-likeness (QED) is 0.878. The number of hydrogen-bond donors (Lipinski definition) is 1. The normalized spacial score (nSPS) is 18.8. The van der Waals surface area contributed by atoms with Gasteiger partial charge in [-0.15, -0.1) is 0 Å². The van der Waals surface area contributed by atoms with Crippen molar-refractivity contribution in [3.63, 3.8) is 0 Å². The summed E-state index contributed by atoms with van der Waals surface area (Å²) >= 11 is 0. The minimum absolute atomic E-state index is 0.118. The van der Waals surface area contributed by atoms with Crippen molar-refractivity contribution in [1.29, 1.82) is 0 Å². The van der Waals surface area contributed by atoms with Crippen molar-refractivity contribution < 1.29 is 9.47 Å². The summed E-state index contributed by atoms with van der Waals surface area (Å²) in [5.41, 5.74) is 4.05. The summed E-state index contributed by atoms with van der Waals surface area (Å²) in [5.74, 6) is 1.60. The van der Waals surface area contributed by atoms with Crippen molar-refractivity contribution in [1.82, 2.24) is 5.32 Å². The van der Waals surface area contributed by atoms with Gasteiger partial charge in [-0.25, -0.2) is 0 Å². The molecule has 0 saturated heterocycles. The van der Waals surface area contributed by atoms with E-state index in [1.54, 1.807) is 14.2 Å². The van der Waals surface area contributed by atoms with Gasteiger partial charge in [0.15, 0.2) is 11.5 Å². The monoisotopic (exact) mass is 325 g/mol. The predicted molar refractivity (Wildman–Crippen MR) is 98.0 cm³/mol. The van der Waals surface area contributed by atoms with Crippen LogP contribution in [-0.4, -0.2) is 19.8 Å². The van der Waals surface area contributed by atoms with Crippen LogP contribution in [0.1, 0.15) is 49.4 Å². The minimum Gasteiger partial charge on any atom is -0.493 e. The summed E-state index contributed by atoms with van der Waals surface area (Å²) in [5, 5.41) is 3.93. The summed E-state index contributed by atoms with van der Waals surface area (Å²) in [6, 6.07) is 15.1. The van der Waals surface area contributed by atoms with E-state index >= 15 is 0 Å². The number of methoxy groups -OCH3 is 2. The number of benzene rings is 2. The van der Waals surface area contributed by atoms with E-state index in [1.165, 1.54) is 16.7 Å². The van der Waals surface area contributed by atoms with Gasteiger partial charge in [-0.05, 0) is 48.1 Å². The van der Waals surface area contributed by atoms with Gasteiger partial charge >= 0.3 is 0 Å². The zero-order valence-electron chi connectivity index (χ0n) is 15.1. The Labute approximate surface area is 145 Å². The molecule has 2 aromatic rings. The average molecular weight is 325 g/mol. The van der Waals surface area contributed by atoms with E-state index < -0.39 is 0 Å². The molecule has 2 aromatic carbocycles. The third kappa shape index (κ3) is 2.89. The molecule has 3 rings (SSSR count). The molecule has 1 atom stereocenters. The summed E-state index contributed by atoms with van der Waals surface area (Å²) in [6.07, 6.45) is 3.21. The van der Waals surface area contributed by atoms with Crippen LogP contribution in [0.3, 0.4) is 0 Å². The molecule has 3 nitrogen and oxygen atoms in total. The van der Waals surface area contributed by atoms with Crippen molar-refractivity contribution in [3.05, 3.63) is 59.2 Å². The first kappa shape index (κ1) is 16.8. The first-order valence-corrected chi connectivity index (χ1v) is 8.73. The molecule has 1 aliphatic heterocycles. The zero-order chi connectivity index (χ0) is 17.2. The van der Waals surface area contributed by atoms with Crippen LogP contribution in [-0.2, 0) is 6.42 Å². The molecule has 0 fully saturated rings. The highest BCUT2D eigenvalue weighted by atomic mass is 16.5. The largest absolute Gasteiger partial charge is 0.493 e. The lowest BCUT2D eigenvalue weighted by molar-refractivity contribution is 0.257. The standard InChI is InChI=1S/C21H27NO2/c1-5-21(6-2)14-16-12-18(23-3)19(24-4)13-17(16)20(22-21)15-10-8-7-9-11-15/h7-13,20,22H,5-6,14H2,1-4H3. The van der Waals surface area contributed by atoms with Gasteiger partial charge in [0.2, 0.25) is 0 Å². The SMILES string of the molecule is CCC1(CC)Cc2cc(OC)c(OC)cc2C(c2ccccc2)N1. The van der Waals surface area contributed by atoms with Crippen LogP contribution >= 0.6 is 0 Å². The molecule has 0 amide bonds. The van der Waals surface area contributed by atoms with Gasteiger partial charge in [-0.3, -0.25) is 0 Å². The Morgan fingerprint density at radius 3 is 2.21 bits per heavy atom. The molecule has 0 saturated carbocycles. The highest BCUT2D eigenvalue weighted by Gasteiger charge is 2.37. The Kier molecular flexibility index (Phi) is 4.81. The van der Waals surface area contributed by atoms with Gasteiger partial charge in [0.25, 0.3) is 0 Å². The van der Waals surface area contributed by atoms with Gasteiger partial charge in [0, 0.05) is 5.54 Å². The molecule has 1 aliphatic rings. The van der Waals surface area contributed by atoms with Crippen molar-refractivity contribution in [3.8, 4) is 11.5 Å². The van der Waals surface area contributed by atoms with Crippen LogP contribution in [0, 0.1) is 0 Å². The Bertz CT molecular complexity index is 692. The second-order valence-corrected chi connectivity index (χ2v) is 6.56. The van der Waals surface area contributed by atoms with Gasteiger partial charge in [-0.1, -0.05) is 44.2 Å². The second-order valence-electron chi connectivity index (χ2n) is 6.56. The van der Waals surface area contributed by atoms with E-state index in [-0.39, 0.29) is 11.6 Å². The Morgan fingerprint density at radius 2 is 1.62 bits per heavy atom. The fourth-order valence-corrected chi connectivity index (χ4v) is 3.77. The number of ether oxygens (including phenoxy) is 2. The van der Waals surface area contributed by atoms with Crippen LogP contribution in [0.15, 0.2) is 42.5 Å². The molecule has 3 heteroatoms. The predicted octanol–water partition coefficient (Wildman–Crippen LogP) is 4.50. The van der Waals surface area contributed by atoms with Crippen LogP contribution < -0.4 is 14.8 Å². The van der Waals surface area contributed by atoms with Crippen molar-refractivity contribution in [2.75, 3.05) is 14.2 Å². The average Bonchev–Trinajstić information content (AvgIpc) is 2.66. The van der Waals surface area contributed by atoms with Gasteiger partial charge in [-0.2, -0.15) is 0 Å². The first-order valence-electron chi connectivity index (χ1n) is 8.73. The lowest BCUT2D eigenvalue weighted by Crippen LogP contribution is -2.51. The Balaban J connectivity index is 2.16. The molecule has 24 heavy (non-hydrogen) atoms. The van der Waals surface area contributed by atoms with E-state index in [1.807, 2.05) is 0 Å². The molecule has 0 spiro atoms. The van der Waals surface area contributed by atoms with Crippen LogP contribution in [0.25, 0.3) is 0 Å². The van der Waals surface area contributed by atoms with Crippen molar-refractivity contribution in [2.24, 2.45) is 0 Å². The maximum Gasteiger partial charge on any atom is 0.161 e. The summed E-state index contributed by atoms with van der Waals surface area (Å²) in [6.45, 7) is 4.54. The van der Waals surface area contributed by atoms with Crippen LogP contribution in [0.2, 0.25) is 0 Å². The van der Waals surface area contributed by atoms with E-state index in [0.717, 1.165) is 30.8 Å². The molecule has 0 aliphatic carbocycles. The van der Waals surface area contributed by atoms with Gasteiger partial charge in [0.05, 0.1) is 20.3 Å². The van der Waals surface area contributed by atoms with Crippen LogP contribution in [0.5, 0.6) is 11.5 Å². The molecule has 0 bridgehead atoms. The fourth-order valence-electron chi connectivity index (χ4n) is 3.77. The third-order valence-corrected chi connectivity index (χ3v) is 5.42. The highest BCUT2D eigenvalue weighted by molar-refractivity contribution is 5.52. The first-order chi connectivity index (χ1) is 11.7. The number of rotatable bonds is 5. The van der Waals surface area contributed by atoms with Crippen molar-refractivity contribution in [2.45, 2.75) is 44.7 Å². The molecule has 1 unspecified atom stereocenters. The molecule has 1 N–H and O–H groups in total. The molecule has 128 valence electrons. The minimum atomic E-state index is 0.118. The third-order valence-electron chi connectivity index (χ3n) is 5.42. The molecule has 0 radical (unpaired) electrons. The summed E-state index contributed by atoms with van der Waals surface area (Å²) < 4.78 is 11.1. The second kappa shape index (κ2) is 6.86. The molecule has 1 heterocycles. The van der Waals surface area contributed by atoms with E-state index in [4.69, 9.17) is 9.47 Å². The molecular weight excluding hydrogens is 298 g/mol. The summed E-state index contributed by atoms with van der Waals surface area (Å²) in [7, 11) is 3.40. The molecule has 0 aromatic heterocycles. The highest BCUT2D eigenvalue weighted by Crippen LogP contribution is 2.42. The maximum absolute atomic E-state index is 5.54. The number of nitrogens with one attached hydrogen (secondary N) is 1. The summed E-state index contributed by atoms with van der Waals surface area (Å²) in [4.78, 5) is 0. The van der Waals surface area contributed by atoms with Crippen LogP contribution in [0.4, 0.5) is 0 Å². The molecular formula is C21H27NO2. The number of fused-ring (bicyclic) bond motifs is 1. The maximum atomic E-state index is 5.54. The van der Waals surface area contributed by atoms with E-state index in [0.29, 0.717) is 0 Å². The Morgan fingerprint density at radius 1 is 1.00 bits per heavy atom. The van der Waals surface area contributed by atoms with E-state index in [9.17, 15) is 0 Å².